The lowest BCUT2D eigenvalue weighted by atomic mass is 9.96. The van der Waals surface area contributed by atoms with Crippen molar-refractivity contribution < 1.29 is 9.32 Å². The van der Waals surface area contributed by atoms with Crippen molar-refractivity contribution in [2.75, 3.05) is 0 Å². The minimum atomic E-state index is -0.281. The molecule has 5 nitrogen and oxygen atoms in total. The van der Waals surface area contributed by atoms with Crippen LogP contribution >= 0.6 is 22.7 Å². The topological polar surface area (TPSA) is 68.0 Å². The van der Waals surface area contributed by atoms with Gasteiger partial charge in [-0.05, 0) is 29.3 Å². The average molecular weight is 410 g/mol. The summed E-state index contributed by atoms with van der Waals surface area (Å²) in [5.41, 5.74) is 2.84. The second-order valence-corrected chi connectivity index (χ2v) is 8.31. The maximum Gasteiger partial charge on any atom is 0.290 e. The largest absolute Gasteiger partial charge is 0.351 e. The molecule has 1 amide bonds. The zero-order valence-corrected chi connectivity index (χ0v) is 16.9. The van der Waals surface area contributed by atoms with Gasteiger partial charge in [0, 0.05) is 11.4 Å². The normalized spacial score (nSPS) is 12.0. The summed E-state index contributed by atoms with van der Waals surface area (Å²) in [4.78, 5) is 18.1. The van der Waals surface area contributed by atoms with Gasteiger partial charge in [-0.25, -0.2) is 4.98 Å². The number of hydrogen-bond acceptors (Lipinski definition) is 6. The van der Waals surface area contributed by atoms with Crippen LogP contribution in [0.2, 0.25) is 0 Å². The van der Waals surface area contributed by atoms with Crippen LogP contribution in [-0.4, -0.2) is 16.0 Å². The molecule has 1 N–H and O–H groups in total. The number of benzene rings is 1. The van der Waals surface area contributed by atoms with Gasteiger partial charge in [0.05, 0.1) is 22.8 Å². The Bertz CT molecular complexity index is 1040. The molecule has 0 fully saturated rings. The highest BCUT2D eigenvalue weighted by atomic mass is 32.1. The van der Waals surface area contributed by atoms with E-state index in [-0.39, 0.29) is 11.7 Å². The molecule has 0 saturated heterocycles. The van der Waals surface area contributed by atoms with Gasteiger partial charge in [-0.2, -0.15) is 0 Å². The van der Waals surface area contributed by atoms with E-state index in [4.69, 9.17) is 4.52 Å². The number of hydrogen-bond donors (Lipinski definition) is 1. The first kappa shape index (κ1) is 18.6. The lowest BCUT2D eigenvalue weighted by molar-refractivity contribution is 0.0913. The van der Waals surface area contributed by atoms with Crippen LogP contribution < -0.4 is 5.32 Å². The molecular formula is C21H19N3O2S2. The quantitative estimate of drug-likeness (QED) is 0.459. The fraction of sp³-hybridized carbons (Fsp3) is 0.190. The lowest BCUT2D eigenvalue weighted by Gasteiger charge is -2.08. The molecule has 0 radical (unpaired) electrons. The maximum atomic E-state index is 12.4. The Kier molecular flexibility index (Phi) is 5.64. The smallest absolute Gasteiger partial charge is 0.290 e. The molecular weight excluding hydrogens is 390 g/mol. The van der Waals surface area contributed by atoms with E-state index in [1.807, 2.05) is 41.1 Å². The molecule has 0 spiro atoms. The van der Waals surface area contributed by atoms with Crippen molar-refractivity contribution in [2.45, 2.75) is 25.8 Å². The number of thiophene rings is 1. The van der Waals surface area contributed by atoms with Crippen molar-refractivity contribution >= 4 is 28.6 Å². The molecule has 0 aliphatic carbocycles. The molecule has 28 heavy (non-hydrogen) atoms. The van der Waals surface area contributed by atoms with Crippen molar-refractivity contribution in [3.8, 4) is 9.88 Å². The molecule has 4 rings (SSSR count). The van der Waals surface area contributed by atoms with Crippen molar-refractivity contribution in [1.29, 1.82) is 0 Å². The summed E-state index contributed by atoms with van der Waals surface area (Å²) in [5, 5.41) is 11.9. The van der Waals surface area contributed by atoms with Crippen molar-refractivity contribution in [3.05, 3.63) is 82.0 Å². The average Bonchev–Trinajstić information content (AvgIpc) is 3.47. The first-order chi connectivity index (χ1) is 13.7. The number of nitrogens with zero attached hydrogens (tertiary/aromatic N) is 2. The Morgan fingerprint density at radius 1 is 1.14 bits per heavy atom. The summed E-state index contributed by atoms with van der Waals surface area (Å²) in [7, 11) is 0. The predicted molar refractivity (Wildman–Crippen MR) is 112 cm³/mol. The SMILES string of the molecule is CC(Cc1cc(C(=O)NCc2csc(-c3cccs3)n2)on1)c1ccccc1. The van der Waals surface area contributed by atoms with Gasteiger partial charge in [0.2, 0.25) is 5.76 Å². The third kappa shape index (κ3) is 4.37. The summed E-state index contributed by atoms with van der Waals surface area (Å²) < 4.78 is 5.24. The molecule has 0 aliphatic heterocycles. The number of carbonyl (C=O) groups excluding carboxylic acids is 1. The first-order valence-corrected chi connectivity index (χ1v) is 10.7. The molecule has 3 aromatic heterocycles. The van der Waals surface area contributed by atoms with Crippen molar-refractivity contribution in [1.82, 2.24) is 15.5 Å². The van der Waals surface area contributed by atoms with Crippen LogP contribution in [0.3, 0.4) is 0 Å². The Morgan fingerprint density at radius 2 is 2.00 bits per heavy atom. The van der Waals surface area contributed by atoms with Crippen molar-refractivity contribution in [3.63, 3.8) is 0 Å². The van der Waals surface area contributed by atoms with Gasteiger partial charge >= 0.3 is 0 Å². The lowest BCUT2D eigenvalue weighted by Crippen LogP contribution is -2.22. The standard InChI is InChI=1S/C21H19N3O2S2/c1-14(15-6-3-2-4-7-15)10-16-11-18(26-24-16)20(25)22-12-17-13-28-21(23-17)19-8-5-9-27-19/h2-9,11,13-14H,10,12H2,1H3,(H,22,25). The van der Waals surface area contributed by atoms with E-state index in [9.17, 15) is 4.79 Å². The van der Waals surface area contributed by atoms with E-state index in [0.29, 0.717) is 12.5 Å². The number of rotatable bonds is 7. The minimum Gasteiger partial charge on any atom is -0.351 e. The second kappa shape index (κ2) is 8.50. The van der Waals surface area contributed by atoms with Crippen LogP contribution in [0, 0.1) is 0 Å². The molecule has 3 heterocycles. The molecule has 142 valence electrons. The Balaban J connectivity index is 1.33. The van der Waals surface area contributed by atoms with Crippen LogP contribution in [0.4, 0.5) is 0 Å². The number of thiazole rings is 1. The molecule has 1 atom stereocenters. The molecule has 0 bridgehead atoms. The zero-order chi connectivity index (χ0) is 19.3. The van der Waals surface area contributed by atoms with E-state index < -0.39 is 0 Å². The number of amides is 1. The fourth-order valence-electron chi connectivity index (χ4n) is 2.89. The molecule has 1 aromatic carbocycles. The second-order valence-electron chi connectivity index (χ2n) is 6.50. The first-order valence-electron chi connectivity index (χ1n) is 8.96. The summed E-state index contributed by atoms with van der Waals surface area (Å²) in [6.07, 6.45) is 0.719. The Labute approximate surface area is 171 Å². The highest BCUT2D eigenvalue weighted by Crippen LogP contribution is 2.27. The van der Waals surface area contributed by atoms with Crippen LogP contribution in [-0.2, 0) is 13.0 Å². The summed E-state index contributed by atoms with van der Waals surface area (Å²) in [6, 6.07) is 16.0. The number of aromatic nitrogens is 2. The van der Waals surface area contributed by atoms with Gasteiger partial charge in [0.15, 0.2) is 0 Å². The number of carbonyl (C=O) groups is 1. The molecule has 0 aliphatic rings. The third-order valence-corrected chi connectivity index (χ3v) is 6.31. The highest BCUT2D eigenvalue weighted by molar-refractivity contribution is 7.20. The highest BCUT2D eigenvalue weighted by Gasteiger charge is 2.16. The van der Waals surface area contributed by atoms with Gasteiger partial charge in [-0.3, -0.25) is 4.79 Å². The molecule has 4 aromatic rings. The van der Waals surface area contributed by atoms with Gasteiger partial charge in [0.1, 0.15) is 5.01 Å². The van der Waals surface area contributed by atoms with Crippen LogP contribution in [0.25, 0.3) is 9.88 Å². The Hall–Kier alpha value is -2.77. The van der Waals surface area contributed by atoms with Gasteiger partial charge in [0.25, 0.3) is 5.91 Å². The van der Waals surface area contributed by atoms with E-state index >= 15 is 0 Å². The zero-order valence-electron chi connectivity index (χ0n) is 15.3. The molecule has 1 unspecified atom stereocenters. The van der Waals surface area contributed by atoms with Crippen LogP contribution in [0.15, 0.2) is 63.8 Å². The van der Waals surface area contributed by atoms with Gasteiger partial charge in [-0.1, -0.05) is 48.5 Å². The summed E-state index contributed by atoms with van der Waals surface area (Å²) in [5.74, 6) is 0.244. The van der Waals surface area contributed by atoms with Gasteiger partial charge < -0.3 is 9.84 Å². The maximum absolute atomic E-state index is 12.4. The molecule has 0 saturated carbocycles. The molecule has 7 heteroatoms. The Morgan fingerprint density at radius 3 is 2.79 bits per heavy atom. The van der Waals surface area contributed by atoms with Crippen LogP contribution in [0.5, 0.6) is 0 Å². The number of nitrogens with one attached hydrogen (secondary N) is 1. The summed E-state index contributed by atoms with van der Waals surface area (Å²) >= 11 is 3.23. The van der Waals surface area contributed by atoms with E-state index in [2.05, 4.69) is 34.5 Å². The van der Waals surface area contributed by atoms with E-state index in [1.165, 1.54) is 5.56 Å². The van der Waals surface area contributed by atoms with E-state index in [1.54, 1.807) is 28.7 Å². The van der Waals surface area contributed by atoms with Crippen LogP contribution in [0.1, 0.15) is 40.3 Å². The summed E-state index contributed by atoms with van der Waals surface area (Å²) in [6.45, 7) is 2.49. The monoisotopic (exact) mass is 409 g/mol. The third-order valence-electron chi connectivity index (χ3n) is 4.38. The minimum absolute atomic E-state index is 0.226. The van der Waals surface area contributed by atoms with Crippen molar-refractivity contribution in [2.24, 2.45) is 0 Å². The fourth-order valence-corrected chi connectivity index (χ4v) is 4.52. The van der Waals surface area contributed by atoms with E-state index in [0.717, 1.165) is 27.7 Å². The van der Waals surface area contributed by atoms with Gasteiger partial charge in [-0.15, -0.1) is 22.7 Å². The predicted octanol–water partition coefficient (Wildman–Crippen LogP) is 5.14.